The number of hydrogen-bond acceptors (Lipinski definition) is 1. The van der Waals surface area contributed by atoms with Crippen molar-refractivity contribution in [3.8, 4) is 0 Å². The van der Waals surface area contributed by atoms with Crippen molar-refractivity contribution in [3.05, 3.63) is 29.5 Å². The van der Waals surface area contributed by atoms with Gasteiger partial charge < -0.3 is 0 Å². The molecule has 0 aliphatic carbocycles. The van der Waals surface area contributed by atoms with E-state index in [0.29, 0.717) is 0 Å². The first-order valence-electron chi connectivity index (χ1n) is 5.40. The quantitative estimate of drug-likeness (QED) is 0.716. The van der Waals surface area contributed by atoms with Crippen LogP contribution in [0.2, 0.25) is 17.3 Å². The van der Waals surface area contributed by atoms with Crippen LogP contribution in [-0.4, -0.2) is 13.3 Å². The van der Waals surface area contributed by atoms with Gasteiger partial charge in [-0.1, -0.05) is 0 Å². The predicted molar refractivity (Wildman–Crippen MR) is 68.7 cm³/mol. The average molecular weight is 263 g/mol. The van der Waals surface area contributed by atoms with E-state index in [-0.39, 0.29) is 0 Å². The van der Waals surface area contributed by atoms with Gasteiger partial charge in [0.15, 0.2) is 0 Å². The molecular weight excluding hydrogens is 245 g/mol. The predicted octanol–water partition coefficient (Wildman–Crippen LogP) is 3.59. The molecule has 0 atom stereocenters. The number of fused-ring (bicyclic) bond motifs is 1. The normalized spacial score (nSPS) is 12.3. The third-order valence-corrected chi connectivity index (χ3v) is 7.33. The van der Waals surface area contributed by atoms with Gasteiger partial charge in [0.2, 0.25) is 0 Å². The standard InChI is InChI=1S/C13H18GeO/c1-9-10(2)15-13-7-6-11(8-12(9)13)14(3,4)5/h6-8H,1-5H3. The van der Waals surface area contributed by atoms with Crippen LogP contribution < -0.4 is 4.40 Å². The van der Waals surface area contributed by atoms with Gasteiger partial charge in [-0.25, -0.2) is 0 Å². The molecule has 1 heterocycles. The first kappa shape index (κ1) is 10.8. The molecule has 0 amide bonds. The van der Waals surface area contributed by atoms with Crippen molar-refractivity contribution < 1.29 is 4.42 Å². The Morgan fingerprint density at radius 2 is 1.73 bits per heavy atom. The summed E-state index contributed by atoms with van der Waals surface area (Å²) < 4.78 is 7.23. The van der Waals surface area contributed by atoms with Crippen molar-refractivity contribution in [1.29, 1.82) is 0 Å². The fraction of sp³-hybridized carbons (Fsp3) is 0.385. The molecule has 2 heteroatoms. The molecule has 2 aromatic rings. The van der Waals surface area contributed by atoms with E-state index < -0.39 is 13.3 Å². The summed E-state index contributed by atoms with van der Waals surface area (Å²) in [6.07, 6.45) is 0. The molecule has 0 unspecified atom stereocenters. The van der Waals surface area contributed by atoms with E-state index in [9.17, 15) is 0 Å². The van der Waals surface area contributed by atoms with E-state index in [2.05, 4.69) is 42.4 Å². The fourth-order valence-corrected chi connectivity index (χ4v) is 4.24. The molecule has 15 heavy (non-hydrogen) atoms. The average Bonchev–Trinajstić information content (AvgIpc) is 2.41. The maximum atomic E-state index is 5.69. The van der Waals surface area contributed by atoms with Crippen LogP contribution >= 0.6 is 0 Å². The zero-order valence-electron chi connectivity index (χ0n) is 10.1. The van der Waals surface area contributed by atoms with Crippen LogP contribution in [0.25, 0.3) is 11.0 Å². The Morgan fingerprint density at radius 3 is 2.33 bits per heavy atom. The molecule has 0 aliphatic rings. The zero-order valence-corrected chi connectivity index (χ0v) is 12.2. The molecule has 0 N–H and O–H groups in total. The van der Waals surface area contributed by atoms with E-state index >= 15 is 0 Å². The van der Waals surface area contributed by atoms with Gasteiger partial charge in [-0.15, -0.1) is 0 Å². The van der Waals surface area contributed by atoms with E-state index in [0.717, 1.165) is 11.3 Å². The number of hydrogen-bond donors (Lipinski definition) is 0. The van der Waals surface area contributed by atoms with Crippen molar-refractivity contribution in [1.82, 2.24) is 0 Å². The second kappa shape index (κ2) is 3.41. The number of aryl methyl sites for hydroxylation is 2. The molecule has 0 fully saturated rings. The summed E-state index contributed by atoms with van der Waals surface area (Å²) >= 11 is -1.70. The molecular formula is C13H18GeO. The van der Waals surface area contributed by atoms with E-state index in [1.54, 1.807) is 4.40 Å². The minimum absolute atomic E-state index is 1.03. The Hall–Kier alpha value is -0.697. The van der Waals surface area contributed by atoms with Crippen LogP contribution in [-0.2, 0) is 0 Å². The molecule has 0 spiro atoms. The number of furan rings is 1. The van der Waals surface area contributed by atoms with Crippen LogP contribution in [0.3, 0.4) is 0 Å². The van der Waals surface area contributed by atoms with Crippen molar-refractivity contribution in [2.45, 2.75) is 31.1 Å². The second-order valence-corrected chi connectivity index (χ2v) is 15.9. The van der Waals surface area contributed by atoms with Gasteiger partial charge >= 0.3 is 93.7 Å². The summed E-state index contributed by atoms with van der Waals surface area (Å²) in [5.41, 5.74) is 2.32. The molecule has 1 aromatic carbocycles. The summed E-state index contributed by atoms with van der Waals surface area (Å²) in [7, 11) is 0. The van der Waals surface area contributed by atoms with Crippen molar-refractivity contribution >= 4 is 28.6 Å². The molecule has 1 aromatic heterocycles. The molecule has 0 aliphatic heterocycles. The monoisotopic (exact) mass is 264 g/mol. The van der Waals surface area contributed by atoms with Crippen LogP contribution in [0, 0.1) is 13.8 Å². The number of rotatable bonds is 1. The Kier molecular flexibility index (Phi) is 2.46. The Morgan fingerprint density at radius 1 is 1.07 bits per heavy atom. The van der Waals surface area contributed by atoms with Crippen molar-refractivity contribution in [3.63, 3.8) is 0 Å². The van der Waals surface area contributed by atoms with Gasteiger partial charge in [-0.2, -0.15) is 0 Å². The Balaban J connectivity index is 2.70. The molecule has 80 valence electrons. The molecule has 0 saturated heterocycles. The zero-order chi connectivity index (χ0) is 11.2. The van der Waals surface area contributed by atoms with Gasteiger partial charge in [-0.3, -0.25) is 0 Å². The van der Waals surface area contributed by atoms with Crippen molar-refractivity contribution in [2.24, 2.45) is 0 Å². The Bertz CT molecular complexity index is 503. The van der Waals surface area contributed by atoms with Gasteiger partial charge in [-0.05, 0) is 0 Å². The van der Waals surface area contributed by atoms with Crippen LogP contribution in [0.15, 0.2) is 22.6 Å². The first-order chi connectivity index (χ1) is 6.89. The molecule has 1 nitrogen and oxygen atoms in total. The summed E-state index contributed by atoms with van der Waals surface area (Å²) in [4.78, 5) is 0. The van der Waals surface area contributed by atoms with Crippen LogP contribution in [0.5, 0.6) is 0 Å². The Labute approximate surface area is 93.8 Å². The third-order valence-electron chi connectivity index (χ3n) is 3.04. The molecule has 0 radical (unpaired) electrons. The molecule has 0 saturated carbocycles. The fourth-order valence-electron chi connectivity index (χ4n) is 1.81. The summed E-state index contributed by atoms with van der Waals surface area (Å²) in [5, 5.41) is 1.30. The summed E-state index contributed by atoms with van der Waals surface area (Å²) in [6, 6.07) is 6.70. The third kappa shape index (κ3) is 1.85. The van der Waals surface area contributed by atoms with Gasteiger partial charge in [0.05, 0.1) is 0 Å². The first-order valence-corrected chi connectivity index (χ1v) is 12.7. The van der Waals surface area contributed by atoms with Gasteiger partial charge in [0, 0.05) is 0 Å². The van der Waals surface area contributed by atoms with E-state index in [1.165, 1.54) is 10.9 Å². The minimum atomic E-state index is -1.70. The number of benzene rings is 1. The SMILES string of the molecule is Cc1oc2cc[c]([Ge]([CH3])([CH3])[CH3])cc2c1C. The molecule has 0 bridgehead atoms. The van der Waals surface area contributed by atoms with E-state index in [1.807, 2.05) is 6.92 Å². The van der Waals surface area contributed by atoms with Gasteiger partial charge in [0.25, 0.3) is 0 Å². The summed E-state index contributed by atoms with van der Waals surface area (Å²) in [6.45, 7) is 4.17. The van der Waals surface area contributed by atoms with Gasteiger partial charge in [0.1, 0.15) is 0 Å². The van der Waals surface area contributed by atoms with Crippen LogP contribution in [0.4, 0.5) is 0 Å². The summed E-state index contributed by atoms with van der Waals surface area (Å²) in [5.74, 6) is 8.31. The van der Waals surface area contributed by atoms with E-state index in [4.69, 9.17) is 4.42 Å². The van der Waals surface area contributed by atoms with Crippen molar-refractivity contribution in [2.75, 3.05) is 0 Å². The molecule has 2 rings (SSSR count). The van der Waals surface area contributed by atoms with Crippen LogP contribution in [0.1, 0.15) is 11.3 Å². The maximum absolute atomic E-state index is 5.69. The topological polar surface area (TPSA) is 13.1 Å². The second-order valence-electron chi connectivity index (χ2n) is 5.24.